The normalized spacial score (nSPS) is 20.7. The van der Waals surface area contributed by atoms with Gasteiger partial charge in [0.1, 0.15) is 6.61 Å². The number of hydrogen-bond acceptors (Lipinski definition) is 3. The third-order valence-corrected chi connectivity index (χ3v) is 3.54. The van der Waals surface area contributed by atoms with E-state index in [2.05, 4.69) is 5.92 Å². The summed E-state index contributed by atoms with van der Waals surface area (Å²) in [5.41, 5.74) is 0.637. The zero-order valence-corrected chi connectivity index (χ0v) is 12.3. The first-order valence-electron chi connectivity index (χ1n) is 7.71. The first-order chi connectivity index (χ1) is 9.74. The molecule has 0 aromatic rings. The summed E-state index contributed by atoms with van der Waals surface area (Å²) in [5, 5.41) is 9.43. The van der Waals surface area contributed by atoms with Crippen LogP contribution in [0, 0.1) is 12.3 Å². The average Bonchev–Trinajstić information content (AvgIpc) is 2.44. The van der Waals surface area contributed by atoms with Gasteiger partial charge in [-0.2, -0.15) is 0 Å². The van der Waals surface area contributed by atoms with Crippen molar-refractivity contribution in [2.24, 2.45) is 0 Å². The van der Waals surface area contributed by atoms with Gasteiger partial charge in [0.05, 0.1) is 6.10 Å². The van der Waals surface area contributed by atoms with Crippen molar-refractivity contribution < 1.29 is 14.6 Å². The third kappa shape index (κ3) is 7.35. The maximum atomic E-state index is 11.4. The first-order valence-corrected chi connectivity index (χ1v) is 7.71. The van der Waals surface area contributed by atoms with Crippen molar-refractivity contribution in [2.75, 3.05) is 6.61 Å². The summed E-state index contributed by atoms with van der Waals surface area (Å²) in [6.07, 6.45) is 17.3. The summed E-state index contributed by atoms with van der Waals surface area (Å²) < 4.78 is 4.87. The molecule has 0 spiro atoms. The maximum absolute atomic E-state index is 11.4. The Kier molecular flexibility index (Phi) is 8.82. The Morgan fingerprint density at radius 1 is 1.20 bits per heavy atom. The molecule has 0 aromatic heterocycles. The van der Waals surface area contributed by atoms with Gasteiger partial charge in [-0.3, -0.25) is 0 Å². The van der Waals surface area contributed by atoms with Crippen LogP contribution >= 0.6 is 0 Å². The number of aliphatic hydroxyl groups excluding tert-OH is 1. The molecule has 20 heavy (non-hydrogen) atoms. The van der Waals surface area contributed by atoms with Crippen molar-refractivity contribution in [3.63, 3.8) is 0 Å². The summed E-state index contributed by atoms with van der Waals surface area (Å²) in [6, 6.07) is 0. The lowest BCUT2D eigenvalue weighted by molar-refractivity contribution is -0.146. The molecule has 1 atom stereocenters. The van der Waals surface area contributed by atoms with Crippen LogP contribution in [0.4, 0.5) is 0 Å². The molecule has 0 radical (unpaired) electrons. The second kappa shape index (κ2) is 10.5. The number of rotatable bonds is 9. The first kappa shape index (κ1) is 16.8. The predicted molar refractivity (Wildman–Crippen MR) is 80.1 cm³/mol. The van der Waals surface area contributed by atoms with Crippen LogP contribution in [0.2, 0.25) is 0 Å². The number of hydrogen-bond donors (Lipinski definition) is 1. The lowest BCUT2D eigenvalue weighted by atomic mass is 10.0. The number of esters is 1. The highest BCUT2D eigenvalue weighted by atomic mass is 16.5. The zero-order chi connectivity index (χ0) is 14.6. The minimum atomic E-state index is -0.526. The molecule has 112 valence electrons. The Bertz CT molecular complexity index is 352. The van der Waals surface area contributed by atoms with Crippen LogP contribution < -0.4 is 0 Å². The fourth-order valence-electron chi connectivity index (χ4n) is 2.36. The number of terminal acetylenes is 1. The molecule has 1 rings (SSSR count). The van der Waals surface area contributed by atoms with Crippen LogP contribution in [0.15, 0.2) is 11.6 Å². The van der Waals surface area contributed by atoms with E-state index < -0.39 is 6.10 Å². The summed E-state index contributed by atoms with van der Waals surface area (Å²) in [7, 11) is 0. The lowest BCUT2D eigenvalue weighted by Gasteiger charge is -2.19. The van der Waals surface area contributed by atoms with E-state index in [9.17, 15) is 9.90 Å². The lowest BCUT2D eigenvalue weighted by Crippen LogP contribution is -2.27. The van der Waals surface area contributed by atoms with E-state index in [1.54, 1.807) is 0 Å². The molecule has 0 amide bonds. The van der Waals surface area contributed by atoms with Crippen LogP contribution in [0.1, 0.15) is 64.2 Å². The Morgan fingerprint density at radius 2 is 1.85 bits per heavy atom. The molecule has 1 unspecified atom stereocenters. The van der Waals surface area contributed by atoms with Gasteiger partial charge in [0.2, 0.25) is 0 Å². The number of allylic oxidation sites excluding steroid dienone is 1. The SMILES string of the molecule is C#CCCCCCCCCC/C=C1/CC(O)COC1=O. The highest BCUT2D eigenvalue weighted by molar-refractivity contribution is 5.89. The Morgan fingerprint density at radius 3 is 2.55 bits per heavy atom. The second-order valence-electron chi connectivity index (χ2n) is 5.40. The topological polar surface area (TPSA) is 46.5 Å². The summed E-state index contributed by atoms with van der Waals surface area (Å²) in [4.78, 5) is 11.4. The van der Waals surface area contributed by atoms with Crippen LogP contribution in [-0.2, 0) is 9.53 Å². The Hall–Kier alpha value is -1.27. The highest BCUT2D eigenvalue weighted by Gasteiger charge is 2.22. The van der Waals surface area contributed by atoms with Crippen LogP contribution in [0.25, 0.3) is 0 Å². The van der Waals surface area contributed by atoms with Crippen molar-refractivity contribution in [2.45, 2.75) is 70.3 Å². The third-order valence-electron chi connectivity index (χ3n) is 3.54. The molecule has 1 saturated heterocycles. The molecule has 1 aliphatic heterocycles. The number of unbranched alkanes of at least 4 members (excludes halogenated alkanes) is 8. The van der Waals surface area contributed by atoms with E-state index in [0.29, 0.717) is 12.0 Å². The fourth-order valence-corrected chi connectivity index (χ4v) is 2.36. The molecule has 0 aliphatic carbocycles. The van der Waals surface area contributed by atoms with E-state index >= 15 is 0 Å². The Balaban J connectivity index is 1.98. The average molecular weight is 278 g/mol. The molecule has 1 N–H and O–H groups in total. The summed E-state index contributed by atoms with van der Waals surface area (Å²) in [5.74, 6) is 2.40. The van der Waals surface area contributed by atoms with Crippen molar-refractivity contribution in [1.29, 1.82) is 0 Å². The van der Waals surface area contributed by atoms with Gasteiger partial charge in [0.15, 0.2) is 0 Å². The quantitative estimate of drug-likeness (QED) is 0.304. The number of carbonyl (C=O) groups excluding carboxylic acids is 1. The van der Waals surface area contributed by atoms with E-state index in [1.165, 1.54) is 32.1 Å². The van der Waals surface area contributed by atoms with E-state index in [1.807, 2.05) is 6.08 Å². The van der Waals surface area contributed by atoms with Crippen molar-refractivity contribution >= 4 is 5.97 Å². The van der Waals surface area contributed by atoms with Gasteiger partial charge >= 0.3 is 5.97 Å². The zero-order valence-electron chi connectivity index (χ0n) is 12.3. The summed E-state index contributed by atoms with van der Waals surface area (Å²) in [6.45, 7) is 0.135. The standard InChI is InChI=1S/C17H26O3/c1-2-3-4-5-6-7-8-9-10-11-12-15-13-16(18)14-20-17(15)19/h1,12,16,18H,3-11,13-14H2/b15-12-. The van der Waals surface area contributed by atoms with Crippen LogP contribution in [-0.4, -0.2) is 23.8 Å². The van der Waals surface area contributed by atoms with E-state index in [0.717, 1.165) is 25.7 Å². The molecule has 0 bridgehead atoms. The van der Waals surface area contributed by atoms with Crippen LogP contribution in [0.3, 0.4) is 0 Å². The predicted octanol–water partition coefficient (Wildman–Crippen LogP) is 3.36. The number of ether oxygens (including phenoxy) is 1. The monoisotopic (exact) mass is 278 g/mol. The van der Waals surface area contributed by atoms with Gasteiger partial charge in [0, 0.05) is 18.4 Å². The molecule has 1 aliphatic rings. The maximum Gasteiger partial charge on any atom is 0.333 e. The van der Waals surface area contributed by atoms with Gasteiger partial charge in [0.25, 0.3) is 0 Å². The van der Waals surface area contributed by atoms with Crippen LogP contribution in [0.5, 0.6) is 0 Å². The second-order valence-corrected chi connectivity index (χ2v) is 5.40. The van der Waals surface area contributed by atoms with E-state index in [4.69, 9.17) is 11.2 Å². The molecular formula is C17H26O3. The largest absolute Gasteiger partial charge is 0.460 e. The van der Waals surface area contributed by atoms with Crippen molar-refractivity contribution in [3.8, 4) is 12.3 Å². The molecule has 0 saturated carbocycles. The minimum Gasteiger partial charge on any atom is -0.460 e. The van der Waals surface area contributed by atoms with Gasteiger partial charge in [-0.05, 0) is 19.3 Å². The molecule has 3 nitrogen and oxygen atoms in total. The van der Waals surface area contributed by atoms with Gasteiger partial charge < -0.3 is 9.84 Å². The van der Waals surface area contributed by atoms with Crippen molar-refractivity contribution in [1.82, 2.24) is 0 Å². The smallest absolute Gasteiger partial charge is 0.333 e. The summed E-state index contributed by atoms with van der Waals surface area (Å²) >= 11 is 0. The van der Waals surface area contributed by atoms with Gasteiger partial charge in [-0.25, -0.2) is 4.79 Å². The van der Waals surface area contributed by atoms with Gasteiger partial charge in [-0.1, -0.05) is 38.2 Å². The number of aliphatic hydroxyl groups is 1. The highest BCUT2D eigenvalue weighted by Crippen LogP contribution is 2.17. The molecule has 0 aromatic carbocycles. The van der Waals surface area contributed by atoms with Gasteiger partial charge in [-0.15, -0.1) is 12.3 Å². The number of carbonyl (C=O) groups is 1. The minimum absolute atomic E-state index is 0.135. The molecule has 3 heteroatoms. The molecular weight excluding hydrogens is 252 g/mol. The number of cyclic esters (lactones) is 1. The molecule has 1 fully saturated rings. The van der Waals surface area contributed by atoms with E-state index in [-0.39, 0.29) is 12.6 Å². The Labute approximate surface area is 122 Å². The molecule has 1 heterocycles. The fraction of sp³-hybridized carbons (Fsp3) is 0.706. The van der Waals surface area contributed by atoms with Crippen molar-refractivity contribution in [3.05, 3.63) is 11.6 Å².